The summed E-state index contributed by atoms with van der Waals surface area (Å²) in [5.74, 6) is 0. The van der Waals surface area contributed by atoms with E-state index in [1.807, 2.05) is 18.2 Å². The molecule has 0 atom stereocenters. The van der Waals surface area contributed by atoms with Crippen LogP contribution in [-0.4, -0.2) is 13.0 Å². The number of hydrogen-bond donors (Lipinski definition) is 0. The van der Waals surface area contributed by atoms with Gasteiger partial charge in [-0.1, -0.05) is 334 Å². The maximum atomic E-state index is 13.3. The molecule has 0 unspecified atom stereocenters. The van der Waals surface area contributed by atoms with Crippen LogP contribution in [0.25, 0.3) is 10.8 Å². The summed E-state index contributed by atoms with van der Waals surface area (Å²) in [6.45, 7) is 6.89. The van der Waals surface area contributed by atoms with Crippen LogP contribution in [0.4, 0.5) is 0 Å². The largest absolute Gasteiger partial charge is 1.00 e. The first-order valence-corrected chi connectivity index (χ1v) is 32.4. The molecule has 0 bridgehead atoms. The molecule has 0 aliphatic rings. The van der Waals surface area contributed by atoms with Crippen molar-refractivity contribution in [3.8, 4) is 0 Å². The van der Waals surface area contributed by atoms with E-state index < -0.39 is 10.1 Å². The zero-order valence-corrected chi connectivity index (χ0v) is 49.8. The van der Waals surface area contributed by atoms with E-state index in [2.05, 4.69) is 26.8 Å². The van der Waals surface area contributed by atoms with Crippen LogP contribution < -0.4 is 29.6 Å². The van der Waals surface area contributed by atoms with Crippen molar-refractivity contribution < 1.29 is 42.5 Å². The van der Waals surface area contributed by atoms with Gasteiger partial charge in [0.15, 0.2) is 0 Å². The van der Waals surface area contributed by atoms with Crippen molar-refractivity contribution in [3.63, 3.8) is 0 Å². The molecule has 0 heterocycles. The summed E-state index contributed by atoms with van der Waals surface area (Å²) in [5.41, 5.74) is 3.47. The molecule has 0 N–H and O–H groups in total. The smallest absolute Gasteiger partial charge is 0.744 e. The second-order valence-electron chi connectivity index (χ2n) is 21.9. The molecule has 0 aromatic heterocycles. The molecule has 0 amide bonds. The van der Waals surface area contributed by atoms with E-state index in [1.165, 1.54) is 294 Å². The van der Waals surface area contributed by atoms with Crippen molar-refractivity contribution in [1.82, 2.24) is 0 Å². The van der Waals surface area contributed by atoms with Gasteiger partial charge in [-0.2, -0.15) is 0 Å². The number of aryl methyl sites for hydroxylation is 1. The van der Waals surface area contributed by atoms with Gasteiger partial charge in [0, 0.05) is 0 Å². The number of fused-ring (bicyclic) bond motifs is 1. The van der Waals surface area contributed by atoms with Crippen LogP contribution in [0.5, 0.6) is 0 Å². The average Bonchev–Trinajstić information content (AvgIpc) is 3.33. The van der Waals surface area contributed by atoms with Gasteiger partial charge in [0.05, 0.1) is 4.90 Å². The minimum Gasteiger partial charge on any atom is -0.744 e. The van der Waals surface area contributed by atoms with Gasteiger partial charge in [-0.3, -0.25) is 0 Å². The molecular formula is C64H115NaO3S. The normalized spacial score (nSPS) is 11.8. The molecule has 3 nitrogen and oxygen atoms in total. The fraction of sp³-hybridized carbons (Fsp3) is 0.844. The van der Waals surface area contributed by atoms with E-state index in [-0.39, 0.29) is 34.5 Å². The van der Waals surface area contributed by atoms with Crippen molar-refractivity contribution >= 4 is 20.9 Å². The molecule has 0 saturated heterocycles. The van der Waals surface area contributed by atoms with Crippen LogP contribution in [-0.2, 0) is 29.4 Å². The third-order valence-corrected chi connectivity index (χ3v) is 16.6. The molecule has 0 radical (unpaired) electrons. The number of rotatable bonds is 52. The monoisotopic (exact) mass is 987 g/mol. The third-order valence-electron chi connectivity index (χ3n) is 15.6. The Labute approximate surface area is 454 Å². The Morgan fingerprint density at radius 1 is 0.290 bits per heavy atom. The van der Waals surface area contributed by atoms with Crippen LogP contribution in [0.15, 0.2) is 29.2 Å². The topological polar surface area (TPSA) is 57.2 Å². The standard InChI is InChI=1S/C64H116O3S.Na/c1-4-7-10-13-16-19-22-25-28-31-34-37-40-43-46-49-54-59-60(55-50-47-44-41-38-35-32-29-26-23-20-17-14-11-8-5-2)62(64(68(65,66)67)63-58-53-52-56-61(59)63)57-51-48-45-42-39-36-33-30-27-24-21-18-15-12-9-6-3;/h52-53,56,58H,4-51,54-55,57H2,1-3H3,(H,65,66,67);/q;+1/p-1. The van der Waals surface area contributed by atoms with E-state index in [0.717, 1.165) is 49.5 Å². The predicted molar refractivity (Wildman–Crippen MR) is 302 cm³/mol. The molecule has 0 saturated carbocycles. The predicted octanol–water partition coefficient (Wildman–Crippen LogP) is 19.2. The second kappa shape index (κ2) is 48.5. The summed E-state index contributed by atoms with van der Waals surface area (Å²) < 4.78 is 39.9. The van der Waals surface area contributed by atoms with Gasteiger partial charge in [-0.05, 0) is 66.0 Å². The first-order valence-electron chi connectivity index (χ1n) is 31.0. The molecular weight excluding hydrogens is 872 g/mol. The number of unbranched alkanes of at least 4 members (excludes halogenated alkanes) is 45. The average molecular weight is 988 g/mol. The molecule has 2 aromatic rings. The van der Waals surface area contributed by atoms with E-state index in [4.69, 9.17) is 0 Å². The molecule has 0 fully saturated rings. The first-order chi connectivity index (χ1) is 33.5. The zero-order chi connectivity index (χ0) is 48.9. The van der Waals surface area contributed by atoms with Gasteiger partial charge < -0.3 is 4.55 Å². The zero-order valence-electron chi connectivity index (χ0n) is 47.0. The summed E-state index contributed by atoms with van der Waals surface area (Å²) in [4.78, 5) is 0.108. The van der Waals surface area contributed by atoms with Crippen molar-refractivity contribution in [2.75, 3.05) is 0 Å². The maximum absolute atomic E-state index is 13.3. The van der Waals surface area contributed by atoms with Gasteiger partial charge in [0.2, 0.25) is 0 Å². The van der Waals surface area contributed by atoms with Gasteiger partial charge in [0.25, 0.3) is 0 Å². The Hall–Kier alpha value is -0.390. The van der Waals surface area contributed by atoms with Crippen molar-refractivity contribution in [1.29, 1.82) is 0 Å². The molecule has 0 aliphatic carbocycles. The molecule has 0 spiro atoms. The summed E-state index contributed by atoms with van der Waals surface area (Å²) in [6.07, 6.45) is 67.0. The number of hydrogen-bond acceptors (Lipinski definition) is 3. The molecule has 2 aromatic carbocycles. The number of benzene rings is 2. The Morgan fingerprint density at radius 3 is 0.739 bits per heavy atom. The quantitative estimate of drug-likeness (QED) is 0.0377. The van der Waals surface area contributed by atoms with E-state index in [9.17, 15) is 13.0 Å². The van der Waals surface area contributed by atoms with Crippen LogP contribution in [0.2, 0.25) is 0 Å². The Balaban J connectivity index is 0.0000238. The second-order valence-corrected chi connectivity index (χ2v) is 23.2. The SMILES string of the molecule is CCCCCCCCCCCCCCCCCCc1c(CCCCCCCCCCCCCCCCCC)c(S(=O)(=O)[O-])c2ccccc2c1CCCCCCCCCCCCCCCCCC.[Na+]. The fourth-order valence-corrected chi connectivity index (χ4v) is 12.2. The van der Waals surface area contributed by atoms with Crippen LogP contribution in [0.1, 0.15) is 346 Å². The van der Waals surface area contributed by atoms with E-state index >= 15 is 0 Å². The molecule has 2 rings (SSSR count). The summed E-state index contributed by atoms with van der Waals surface area (Å²) in [7, 11) is -4.63. The van der Waals surface area contributed by atoms with E-state index in [1.54, 1.807) is 0 Å². The minimum absolute atomic E-state index is 0. The first kappa shape index (κ1) is 66.6. The van der Waals surface area contributed by atoms with Crippen LogP contribution in [0, 0.1) is 0 Å². The Kier molecular flexibility index (Phi) is 46.9. The third kappa shape index (κ3) is 35.4. The summed E-state index contributed by atoms with van der Waals surface area (Å²) in [5, 5.41) is 1.70. The van der Waals surface area contributed by atoms with Crippen LogP contribution in [0.3, 0.4) is 0 Å². The molecule has 5 heteroatoms. The van der Waals surface area contributed by atoms with Crippen molar-refractivity contribution in [2.24, 2.45) is 0 Å². The molecule has 0 aliphatic heterocycles. The van der Waals surface area contributed by atoms with Crippen molar-refractivity contribution in [2.45, 2.75) is 353 Å². The Bertz CT molecular complexity index is 1520. The Morgan fingerprint density at radius 2 is 0.493 bits per heavy atom. The van der Waals surface area contributed by atoms with Gasteiger partial charge >= 0.3 is 29.6 Å². The maximum Gasteiger partial charge on any atom is 1.00 e. The van der Waals surface area contributed by atoms with Gasteiger partial charge in [-0.25, -0.2) is 8.42 Å². The summed E-state index contributed by atoms with van der Waals surface area (Å²) >= 11 is 0. The minimum atomic E-state index is -4.63. The van der Waals surface area contributed by atoms with E-state index in [0.29, 0.717) is 11.8 Å². The van der Waals surface area contributed by atoms with Gasteiger partial charge in [0.1, 0.15) is 10.1 Å². The van der Waals surface area contributed by atoms with Gasteiger partial charge in [-0.15, -0.1) is 0 Å². The molecule has 396 valence electrons. The summed E-state index contributed by atoms with van der Waals surface area (Å²) in [6, 6.07) is 8.02. The fourth-order valence-electron chi connectivity index (χ4n) is 11.3. The molecule has 69 heavy (non-hydrogen) atoms. The van der Waals surface area contributed by atoms with Crippen molar-refractivity contribution in [3.05, 3.63) is 41.0 Å². The van der Waals surface area contributed by atoms with Crippen LogP contribution >= 0.6 is 0 Å².